The molecule has 1 fully saturated rings. The molecule has 1 amide bonds. The topological polar surface area (TPSA) is 65.4 Å². The molecule has 140 valence electrons. The first-order valence-corrected chi connectivity index (χ1v) is 8.95. The summed E-state index contributed by atoms with van der Waals surface area (Å²) < 4.78 is 26.6. The van der Waals surface area contributed by atoms with Gasteiger partial charge in [-0.25, -0.2) is 9.37 Å². The lowest BCUT2D eigenvalue weighted by Gasteiger charge is -2.32. The zero-order valence-electron chi connectivity index (χ0n) is 14.9. The summed E-state index contributed by atoms with van der Waals surface area (Å²) in [5.74, 6) is 1.01. The summed E-state index contributed by atoms with van der Waals surface area (Å²) in [7, 11) is 0. The van der Waals surface area contributed by atoms with Crippen molar-refractivity contribution in [2.45, 2.75) is 44.9 Å². The molecule has 0 bridgehead atoms. The van der Waals surface area contributed by atoms with Gasteiger partial charge in [0.05, 0.1) is 12.6 Å². The fourth-order valence-electron chi connectivity index (χ4n) is 3.07. The van der Waals surface area contributed by atoms with Gasteiger partial charge in [-0.15, -0.1) is 0 Å². The molecule has 1 N–H and O–H groups in total. The van der Waals surface area contributed by atoms with Crippen LogP contribution in [0.25, 0.3) is 0 Å². The van der Waals surface area contributed by atoms with Crippen molar-refractivity contribution in [3.8, 4) is 5.75 Å². The second-order valence-corrected chi connectivity index (χ2v) is 6.29. The predicted molar refractivity (Wildman–Crippen MR) is 94.4 cm³/mol. The van der Waals surface area contributed by atoms with Crippen LogP contribution in [0, 0.1) is 5.82 Å². The number of ether oxygens (including phenoxy) is 2. The number of rotatable bonds is 7. The summed E-state index contributed by atoms with van der Waals surface area (Å²) >= 11 is 0. The molecule has 7 heteroatoms. The molecule has 0 saturated carbocycles. The molecule has 0 aliphatic carbocycles. The van der Waals surface area contributed by atoms with Crippen molar-refractivity contribution in [1.82, 2.24) is 14.9 Å². The molecule has 1 aromatic heterocycles. The summed E-state index contributed by atoms with van der Waals surface area (Å²) in [6, 6.07) is 5.83. The van der Waals surface area contributed by atoms with E-state index in [4.69, 9.17) is 9.47 Å². The molecule has 1 aliphatic rings. The Balaban J connectivity index is 1.55. The van der Waals surface area contributed by atoms with Crippen LogP contribution < -0.4 is 10.1 Å². The maximum absolute atomic E-state index is 13.3. The lowest BCUT2D eigenvalue weighted by atomic mass is 10.1. The molecular weight excluding hydrogens is 337 g/mol. The largest absolute Gasteiger partial charge is 0.486 e. The van der Waals surface area contributed by atoms with E-state index in [1.54, 1.807) is 18.3 Å². The maximum atomic E-state index is 13.3. The minimum atomic E-state index is -0.355. The van der Waals surface area contributed by atoms with Crippen LogP contribution in [-0.2, 0) is 22.5 Å². The molecule has 3 rings (SSSR count). The monoisotopic (exact) mass is 361 g/mol. The van der Waals surface area contributed by atoms with Crippen molar-refractivity contribution in [3.63, 3.8) is 0 Å². The number of aryl methyl sites for hydroxylation is 2. The number of imidazole rings is 1. The van der Waals surface area contributed by atoms with Crippen LogP contribution in [0.5, 0.6) is 5.75 Å². The summed E-state index contributed by atoms with van der Waals surface area (Å²) in [5.41, 5.74) is 0. The Bertz CT molecular complexity index is 734. The minimum Gasteiger partial charge on any atom is -0.486 e. The van der Waals surface area contributed by atoms with Gasteiger partial charge in [-0.1, -0.05) is 13.0 Å². The third-order valence-corrected chi connectivity index (χ3v) is 4.43. The first-order chi connectivity index (χ1) is 12.7. The highest BCUT2D eigenvalue weighted by molar-refractivity contribution is 5.76. The van der Waals surface area contributed by atoms with Gasteiger partial charge >= 0.3 is 0 Å². The van der Waals surface area contributed by atoms with Gasteiger partial charge in [-0.3, -0.25) is 4.79 Å². The zero-order chi connectivity index (χ0) is 18.4. The second-order valence-electron chi connectivity index (χ2n) is 6.29. The van der Waals surface area contributed by atoms with Gasteiger partial charge < -0.3 is 19.4 Å². The van der Waals surface area contributed by atoms with Gasteiger partial charge in [0.1, 0.15) is 23.5 Å². The van der Waals surface area contributed by atoms with E-state index >= 15 is 0 Å². The molecule has 0 unspecified atom stereocenters. The van der Waals surface area contributed by atoms with E-state index in [1.807, 2.05) is 17.7 Å². The Morgan fingerprint density at radius 3 is 3.19 bits per heavy atom. The fourth-order valence-corrected chi connectivity index (χ4v) is 3.07. The van der Waals surface area contributed by atoms with E-state index < -0.39 is 0 Å². The molecule has 1 aliphatic heterocycles. The number of carbonyl (C=O) groups is 1. The third kappa shape index (κ3) is 4.82. The number of hydrogen-bond donors (Lipinski definition) is 1. The highest BCUT2D eigenvalue weighted by atomic mass is 19.1. The number of amides is 1. The molecular formula is C19H24FN3O3. The van der Waals surface area contributed by atoms with Crippen molar-refractivity contribution in [2.75, 3.05) is 13.2 Å². The number of carbonyl (C=O) groups excluding carboxylic acids is 1. The predicted octanol–water partition coefficient (Wildman–Crippen LogP) is 2.33. The van der Waals surface area contributed by atoms with Crippen molar-refractivity contribution in [1.29, 1.82) is 0 Å². The Morgan fingerprint density at radius 2 is 2.38 bits per heavy atom. The Labute approximate surface area is 152 Å². The number of benzene rings is 1. The van der Waals surface area contributed by atoms with Gasteiger partial charge in [0.15, 0.2) is 0 Å². The third-order valence-electron chi connectivity index (χ3n) is 4.43. The van der Waals surface area contributed by atoms with Gasteiger partial charge in [0, 0.05) is 44.5 Å². The summed E-state index contributed by atoms with van der Waals surface area (Å²) in [4.78, 5) is 16.6. The average Bonchev–Trinajstić information content (AvgIpc) is 3.09. The number of halogens is 1. The lowest BCUT2D eigenvalue weighted by molar-refractivity contribution is -0.124. The van der Waals surface area contributed by atoms with Crippen molar-refractivity contribution >= 4 is 5.91 Å². The van der Waals surface area contributed by atoms with E-state index in [-0.39, 0.29) is 23.9 Å². The molecule has 2 heterocycles. The standard InChI is InChI=1S/C19H24FN3O3/c1-2-18-21-8-10-23(18)9-6-19(24)22-16-7-11-25-13-17(16)26-15-5-3-4-14(20)12-15/h3-5,8,10,12,16-17H,2,6-7,9,11,13H2,1H3,(H,22,24)/t16-,17-/m1/s1. The molecule has 6 nitrogen and oxygen atoms in total. The SMILES string of the molecule is CCc1nccn1CCC(=O)N[C@@H]1CCOC[C@H]1Oc1cccc(F)c1. The van der Waals surface area contributed by atoms with Crippen molar-refractivity contribution in [2.24, 2.45) is 0 Å². The molecule has 2 atom stereocenters. The molecule has 0 radical (unpaired) electrons. The molecule has 26 heavy (non-hydrogen) atoms. The number of aromatic nitrogens is 2. The summed E-state index contributed by atoms with van der Waals surface area (Å²) in [6.07, 6.45) is 5.16. The number of nitrogens with zero attached hydrogens (tertiary/aromatic N) is 2. The highest BCUT2D eigenvalue weighted by Crippen LogP contribution is 2.19. The normalized spacial score (nSPS) is 19.9. The van der Waals surface area contributed by atoms with Crippen molar-refractivity contribution in [3.05, 3.63) is 48.3 Å². The molecule has 1 aromatic carbocycles. The summed E-state index contributed by atoms with van der Waals surface area (Å²) in [6.45, 7) is 3.56. The Hall–Kier alpha value is -2.41. The van der Waals surface area contributed by atoms with Crippen LogP contribution >= 0.6 is 0 Å². The van der Waals surface area contributed by atoms with Crippen LogP contribution in [0.15, 0.2) is 36.7 Å². The zero-order valence-corrected chi connectivity index (χ0v) is 14.9. The van der Waals surface area contributed by atoms with E-state index in [2.05, 4.69) is 10.3 Å². The average molecular weight is 361 g/mol. The number of nitrogens with one attached hydrogen (secondary N) is 1. The quantitative estimate of drug-likeness (QED) is 0.822. The van der Waals surface area contributed by atoms with E-state index in [9.17, 15) is 9.18 Å². The first-order valence-electron chi connectivity index (χ1n) is 8.95. The fraction of sp³-hybridized carbons (Fsp3) is 0.474. The van der Waals surface area contributed by atoms with Crippen LogP contribution in [0.1, 0.15) is 25.6 Å². The second kappa shape index (κ2) is 8.80. The number of hydrogen-bond acceptors (Lipinski definition) is 4. The Morgan fingerprint density at radius 1 is 1.50 bits per heavy atom. The lowest BCUT2D eigenvalue weighted by Crippen LogP contribution is -2.51. The Kier molecular flexibility index (Phi) is 6.22. The maximum Gasteiger partial charge on any atom is 0.222 e. The highest BCUT2D eigenvalue weighted by Gasteiger charge is 2.29. The van der Waals surface area contributed by atoms with Gasteiger partial charge in [0.2, 0.25) is 5.91 Å². The van der Waals surface area contributed by atoms with E-state index in [1.165, 1.54) is 12.1 Å². The van der Waals surface area contributed by atoms with Crippen molar-refractivity contribution < 1.29 is 18.7 Å². The van der Waals surface area contributed by atoms with Crippen LogP contribution in [0.3, 0.4) is 0 Å². The van der Waals surface area contributed by atoms with E-state index in [0.717, 1.165) is 12.2 Å². The molecule has 2 aromatic rings. The molecule has 0 spiro atoms. The van der Waals surface area contributed by atoms with E-state index in [0.29, 0.717) is 38.3 Å². The van der Waals surface area contributed by atoms with Crippen LogP contribution in [0.4, 0.5) is 4.39 Å². The smallest absolute Gasteiger partial charge is 0.222 e. The minimum absolute atomic E-state index is 0.0412. The summed E-state index contributed by atoms with van der Waals surface area (Å²) in [5, 5.41) is 3.03. The van der Waals surface area contributed by atoms with Crippen LogP contribution in [-0.4, -0.2) is 40.8 Å². The molecule has 1 saturated heterocycles. The van der Waals surface area contributed by atoms with Gasteiger partial charge in [0.25, 0.3) is 0 Å². The van der Waals surface area contributed by atoms with Gasteiger partial charge in [-0.2, -0.15) is 0 Å². The van der Waals surface area contributed by atoms with Crippen LogP contribution in [0.2, 0.25) is 0 Å². The van der Waals surface area contributed by atoms with Gasteiger partial charge in [-0.05, 0) is 18.6 Å². The first kappa shape index (κ1) is 18.4.